The first-order valence-electron chi connectivity index (χ1n) is 7.66. The lowest BCUT2D eigenvalue weighted by Crippen LogP contribution is -2.30. The number of thioether (sulfide) groups is 1. The fourth-order valence-corrected chi connectivity index (χ4v) is 3.81. The number of amides is 1. The molecule has 0 N–H and O–H groups in total. The average Bonchev–Trinajstić information content (AvgIpc) is 3.21. The summed E-state index contributed by atoms with van der Waals surface area (Å²) in [7, 11) is 0. The molecule has 0 aliphatic carbocycles. The van der Waals surface area contributed by atoms with Crippen molar-refractivity contribution in [2.75, 3.05) is 24.0 Å². The van der Waals surface area contributed by atoms with E-state index in [1.165, 1.54) is 5.56 Å². The Bertz CT molecular complexity index is 747. The summed E-state index contributed by atoms with van der Waals surface area (Å²) >= 11 is 1.63. The van der Waals surface area contributed by atoms with Crippen LogP contribution < -0.4 is 14.4 Å². The lowest BCUT2D eigenvalue weighted by Gasteiger charge is -2.17. The lowest BCUT2D eigenvalue weighted by molar-refractivity contribution is -0.116. The highest BCUT2D eigenvalue weighted by Gasteiger charge is 2.23. The van der Waals surface area contributed by atoms with Crippen molar-refractivity contribution in [3.05, 3.63) is 53.6 Å². The number of nitrogens with zero attached hydrogens (tertiary/aromatic N) is 1. The van der Waals surface area contributed by atoms with Crippen LogP contribution in [0.15, 0.2) is 42.5 Å². The number of rotatable bonds is 4. The molecular weight excluding hydrogens is 310 g/mol. The molecular formula is C18H17NO3S. The molecule has 0 aromatic heterocycles. The third kappa shape index (κ3) is 2.88. The van der Waals surface area contributed by atoms with Crippen LogP contribution >= 0.6 is 11.8 Å². The Balaban J connectivity index is 1.34. The van der Waals surface area contributed by atoms with E-state index in [-0.39, 0.29) is 5.91 Å². The first kappa shape index (κ1) is 14.5. The molecule has 0 fully saturated rings. The van der Waals surface area contributed by atoms with Gasteiger partial charge >= 0.3 is 0 Å². The number of hydrogen-bond donors (Lipinski definition) is 0. The summed E-state index contributed by atoms with van der Waals surface area (Å²) in [6.07, 6.45) is 0.953. The summed E-state index contributed by atoms with van der Waals surface area (Å²) in [5.74, 6) is 3.05. The van der Waals surface area contributed by atoms with Crippen molar-refractivity contribution in [3.8, 4) is 11.5 Å². The van der Waals surface area contributed by atoms with Crippen LogP contribution in [0.1, 0.15) is 11.1 Å². The summed E-state index contributed by atoms with van der Waals surface area (Å²) in [5, 5.41) is 0. The van der Waals surface area contributed by atoms with Crippen LogP contribution in [-0.2, 0) is 17.0 Å². The van der Waals surface area contributed by atoms with Gasteiger partial charge in [-0.05, 0) is 35.7 Å². The van der Waals surface area contributed by atoms with Gasteiger partial charge in [0.05, 0.1) is 5.75 Å². The van der Waals surface area contributed by atoms with Crippen LogP contribution in [0.4, 0.5) is 5.69 Å². The molecule has 4 nitrogen and oxygen atoms in total. The lowest BCUT2D eigenvalue weighted by atomic mass is 10.2. The first-order valence-corrected chi connectivity index (χ1v) is 8.81. The second-order valence-electron chi connectivity index (χ2n) is 5.60. The average molecular weight is 327 g/mol. The van der Waals surface area contributed by atoms with Gasteiger partial charge in [-0.1, -0.05) is 24.3 Å². The fourth-order valence-electron chi connectivity index (χ4n) is 2.96. The molecule has 0 unspecified atom stereocenters. The summed E-state index contributed by atoms with van der Waals surface area (Å²) in [4.78, 5) is 14.4. The Morgan fingerprint density at radius 2 is 2.00 bits per heavy atom. The highest BCUT2D eigenvalue weighted by molar-refractivity contribution is 7.99. The molecule has 23 heavy (non-hydrogen) atoms. The Morgan fingerprint density at radius 1 is 1.13 bits per heavy atom. The minimum absolute atomic E-state index is 0.181. The normalized spacial score (nSPS) is 14.9. The van der Waals surface area contributed by atoms with E-state index in [4.69, 9.17) is 9.47 Å². The van der Waals surface area contributed by atoms with Crippen molar-refractivity contribution in [2.45, 2.75) is 12.2 Å². The van der Waals surface area contributed by atoms with Crippen LogP contribution in [0.5, 0.6) is 11.5 Å². The second kappa shape index (κ2) is 6.16. The minimum Gasteiger partial charge on any atom is -0.454 e. The van der Waals surface area contributed by atoms with Crippen molar-refractivity contribution in [2.24, 2.45) is 0 Å². The maximum absolute atomic E-state index is 12.4. The number of carbonyl (C=O) groups is 1. The molecule has 118 valence electrons. The molecule has 1 amide bonds. The molecule has 0 saturated heterocycles. The summed E-state index contributed by atoms with van der Waals surface area (Å²) < 4.78 is 10.7. The molecule has 2 aromatic carbocycles. The Morgan fingerprint density at radius 3 is 2.96 bits per heavy atom. The molecule has 0 atom stereocenters. The third-order valence-electron chi connectivity index (χ3n) is 4.12. The molecule has 4 rings (SSSR count). The number of ether oxygens (including phenoxy) is 2. The third-order valence-corrected chi connectivity index (χ3v) is 5.11. The number of para-hydroxylation sites is 1. The zero-order valence-corrected chi connectivity index (χ0v) is 13.5. The predicted molar refractivity (Wildman–Crippen MR) is 91.2 cm³/mol. The number of carbonyl (C=O) groups excluding carboxylic acids is 1. The summed E-state index contributed by atoms with van der Waals surface area (Å²) in [6.45, 7) is 1.08. The quantitative estimate of drug-likeness (QED) is 0.864. The number of fused-ring (bicyclic) bond motifs is 2. The van der Waals surface area contributed by atoms with Crippen LogP contribution in [0.2, 0.25) is 0 Å². The molecule has 0 bridgehead atoms. The molecule has 0 radical (unpaired) electrons. The largest absolute Gasteiger partial charge is 0.454 e. The van der Waals surface area contributed by atoms with Gasteiger partial charge in [0, 0.05) is 18.0 Å². The highest BCUT2D eigenvalue weighted by atomic mass is 32.2. The van der Waals surface area contributed by atoms with Gasteiger partial charge in [-0.25, -0.2) is 0 Å². The molecule has 2 heterocycles. The van der Waals surface area contributed by atoms with Crippen molar-refractivity contribution in [1.29, 1.82) is 0 Å². The minimum atomic E-state index is 0.181. The first-order chi connectivity index (χ1) is 11.3. The van der Waals surface area contributed by atoms with Gasteiger partial charge in [0.25, 0.3) is 0 Å². The molecule has 2 aliphatic heterocycles. The smallest absolute Gasteiger partial charge is 0.237 e. The predicted octanol–water partition coefficient (Wildman–Crippen LogP) is 3.24. The number of hydrogen-bond acceptors (Lipinski definition) is 4. The zero-order valence-electron chi connectivity index (χ0n) is 12.7. The van der Waals surface area contributed by atoms with Gasteiger partial charge in [-0.15, -0.1) is 11.8 Å². The maximum Gasteiger partial charge on any atom is 0.237 e. The Labute approximate surface area is 139 Å². The van der Waals surface area contributed by atoms with Crippen LogP contribution in [0.3, 0.4) is 0 Å². The van der Waals surface area contributed by atoms with E-state index in [0.717, 1.165) is 41.5 Å². The molecule has 5 heteroatoms. The molecule has 2 aliphatic rings. The number of benzene rings is 2. The van der Waals surface area contributed by atoms with E-state index in [1.54, 1.807) is 11.8 Å². The molecule has 2 aromatic rings. The van der Waals surface area contributed by atoms with Crippen molar-refractivity contribution >= 4 is 23.4 Å². The van der Waals surface area contributed by atoms with Gasteiger partial charge < -0.3 is 14.4 Å². The van der Waals surface area contributed by atoms with Crippen molar-refractivity contribution in [1.82, 2.24) is 0 Å². The Hall–Kier alpha value is -2.14. The fraction of sp³-hybridized carbons (Fsp3) is 0.278. The van der Waals surface area contributed by atoms with Crippen LogP contribution in [-0.4, -0.2) is 25.0 Å². The van der Waals surface area contributed by atoms with E-state index in [9.17, 15) is 4.79 Å². The maximum atomic E-state index is 12.4. The van der Waals surface area contributed by atoms with Crippen LogP contribution in [0, 0.1) is 0 Å². The summed E-state index contributed by atoms with van der Waals surface area (Å²) in [6, 6.07) is 14.1. The van der Waals surface area contributed by atoms with E-state index in [1.807, 2.05) is 41.3 Å². The van der Waals surface area contributed by atoms with Crippen molar-refractivity contribution < 1.29 is 14.3 Å². The standard InChI is InChI=1S/C18H17NO3S/c20-18(19-8-7-14-3-1-2-4-15(14)19)11-23-10-13-5-6-16-17(9-13)22-12-21-16/h1-6,9H,7-8,10-12H2. The van der Waals surface area contributed by atoms with Gasteiger partial charge in [0.2, 0.25) is 12.7 Å². The van der Waals surface area contributed by atoms with E-state index < -0.39 is 0 Å². The van der Waals surface area contributed by atoms with E-state index in [2.05, 4.69) is 6.07 Å². The van der Waals surface area contributed by atoms with Crippen LogP contribution in [0.25, 0.3) is 0 Å². The van der Waals surface area contributed by atoms with Gasteiger partial charge in [-0.2, -0.15) is 0 Å². The zero-order chi connectivity index (χ0) is 15.6. The Kier molecular flexibility index (Phi) is 3.87. The van der Waals surface area contributed by atoms with Gasteiger partial charge in [0.15, 0.2) is 11.5 Å². The monoisotopic (exact) mass is 327 g/mol. The van der Waals surface area contributed by atoms with Gasteiger partial charge in [0.1, 0.15) is 0 Å². The molecule has 0 saturated carbocycles. The topological polar surface area (TPSA) is 38.8 Å². The molecule has 0 spiro atoms. The van der Waals surface area contributed by atoms with E-state index >= 15 is 0 Å². The number of anilines is 1. The SMILES string of the molecule is O=C(CSCc1ccc2c(c1)OCO2)N1CCc2ccccc21. The van der Waals surface area contributed by atoms with E-state index in [0.29, 0.717) is 12.5 Å². The highest BCUT2D eigenvalue weighted by Crippen LogP contribution is 2.33. The van der Waals surface area contributed by atoms with Gasteiger partial charge in [-0.3, -0.25) is 4.79 Å². The summed E-state index contributed by atoms with van der Waals surface area (Å²) in [5.41, 5.74) is 3.48. The second-order valence-corrected chi connectivity index (χ2v) is 6.59. The van der Waals surface area contributed by atoms with Crippen molar-refractivity contribution in [3.63, 3.8) is 0 Å².